The molecule has 0 radical (unpaired) electrons. The molecule has 1 unspecified atom stereocenters. The van der Waals surface area contributed by atoms with E-state index in [0.29, 0.717) is 16.7 Å². The topological polar surface area (TPSA) is 24.5 Å². The van der Waals surface area contributed by atoms with Gasteiger partial charge in [0, 0.05) is 29.7 Å². The van der Waals surface area contributed by atoms with E-state index in [9.17, 15) is 0 Å². The molecule has 1 aliphatic rings. The predicted molar refractivity (Wildman–Crippen MR) is 125 cm³/mol. The van der Waals surface area contributed by atoms with Gasteiger partial charge in [-0.2, -0.15) is 0 Å². The van der Waals surface area contributed by atoms with Gasteiger partial charge in [0.15, 0.2) is 0 Å². The maximum Gasteiger partial charge on any atom is 0.119 e. The molecule has 1 aliphatic heterocycles. The van der Waals surface area contributed by atoms with E-state index in [2.05, 4.69) is 34.5 Å². The van der Waals surface area contributed by atoms with Gasteiger partial charge in [0.05, 0.1) is 6.04 Å². The summed E-state index contributed by atoms with van der Waals surface area (Å²) in [6, 6.07) is 24.5. The van der Waals surface area contributed by atoms with Crippen molar-refractivity contribution in [3.63, 3.8) is 0 Å². The zero-order valence-electron chi connectivity index (χ0n) is 16.9. The standard InChI is InChI=1S/C25H26Cl2N2O/c26-21-9-12-23(24(27)17-21)25(29-15-4-13-28-14-16-29)20-7-10-22(11-8-20)30-18-19-5-2-1-3-6-19/h1-3,5-12,17,25,28H,4,13-16,18H2. The fraction of sp³-hybridized carbons (Fsp3) is 0.280. The second-order valence-corrected chi connectivity index (χ2v) is 8.39. The van der Waals surface area contributed by atoms with Gasteiger partial charge in [0.1, 0.15) is 12.4 Å². The SMILES string of the molecule is Clc1ccc(C(c2ccc(OCc3ccccc3)cc2)N2CCCNCC2)c(Cl)c1. The fourth-order valence-corrected chi connectivity index (χ4v) is 4.43. The van der Waals surface area contributed by atoms with E-state index in [1.807, 2.05) is 48.5 Å². The van der Waals surface area contributed by atoms with E-state index < -0.39 is 0 Å². The molecule has 30 heavy (non-hydrogen) atoms. The van der Waals surface area contributed by atoms with Crippen LogP contribution in [0.3, 0.4) is 0 Å². The van der Waals surface area contributed by atoms with Crippen LogP contribution in [-0.2, 0) is 6.61 Å². The van der Waals surface area contributed by atoms with Crippen molar-refractivity contribution in [1.82, 2.24) is 10.2 Å². The van der Waals surface area contributed by atoms with Crippen LogP contribution < -0.4 is 10.1 Å². The molecule has 4 rings (SSSR count). The Morgan fingerprint density at radius 2 is 1.70 bits per heavy atom. The number of hydrogen-bond donors (Lipinski definition) is 1. The molecule has 1 fully saturated rings. The smallest absolute Gasteiger partial charge is 0.119 e. The maximum absolute atomic E-state index is 6.63. The first-order valence-electron chi connectivity index (χ1n) is 10.4. The third-order valence-corrected chi connectivity index (χ3v) is 6.00. The minimum atomic E-state index is 0.0813. The molecule has 0 spiro atoms. The summed E-state index contributed by atoms with van der Waals surface area (Å²) < 4.78 is 5.97. The van der Waals surface area contributed by atoms with Crippen LogP contribution in [0.15, 0.2) is 72.8 Å². The molecule has 5 heteroatoms. The van der Waals surface area contributed by atoms with E-state index in [1.165, 1.54) is 5.56 Å². The fourth-order valence-electron chi connectivity index (χ4n) is 3.92. The maximum atomic E-state index is 6.63. The van der Waals surface area contributed by atoms with Crippen molar-refractivity contribution < 1.29 is 4.74 Å². The highest BCUT2D eigenvalue weighted by molar-refractivity contribution is 6.35. The number of hydrogen-bond acceptors (Lipinski definition) is 3. The largest absolute Gasteiger partial charge is 0.489 e. The highest BCUT2D eigenvalue weighted by Crippen LogP contribution is 2.35. The number of nitrogens with one attached hydrogen (secondary N) is 1. The van der Waals surface area contributed by atoms with E-state index in [4.69, 9.17) is 27.9 Å². The summed E-state index contributed by atoms with van der Waals surface area (Å²) in [5.74, 6) is 0.862. The van der Waals surface area contributed by atoms with Gasteiger partial charge in [-0.1, -0.05) is 71.7 Å². The van der Waals surface area contributed by atoms with Crippen LogP contribution in [0, 0.1) is 0 Å². The van der Waals surface area contributed by atoms with Crippen molar-refractivity contribution >= 4 is 23.2 Å². The van der Waals surface area contributed by atoms with E-state index >= 15 is 0 Å². The van der Waals surface area contributed by atoms with Gasteiger partial charge < -0.3 is 10.1 Å². The zero-order chi connectivity index (χ0) is 20.8. The summed E-state index contributed by atoms with van der Waals surface area (Å²) in [5.41, 5.74) is 3.44. The molecule has 3 aromatic rings. The summed E-state index contributed by atoms with van der Waals surface area (Å²) in [4.78, 5) is 2.49. The highest BCUT2D eigenvalue weighted by Gasteiger charge is 2.25. The molecular weight excluding hydrogens is 415 g/mol. The first kappa shape index (κ1) is 21.2. The van der Waals surface area contributed by atoms with Gasteiger partial charge in [-0.05, 0) is 53.9 Å². The average Bonchev–Trinajstić information content (AvgIpc) is 3.05. The lowest BCUT2D eigenvalue weighted by molar-refractivity contribution is 0.241. The number of ether oxygens (including phenoxy) is 1. The normalized spacial score (nSPS) is 16.1. The van der Waals surface area contributed by atoms with Crippen molar-refractivity contribution in [3.8, 4) is 5.75 Å². The van der Waals surface area contributed by atoms with Crippen LogP contribution in [-0.4, -0.2) is 31.1 Å². The van der Waals surface area contributed by atoms with Crippen LogP contribution >= 0.6 is 23.2 Å². The molecule has 156 valence electrons. The Balaban J connectivity index is 1.58. The third kappa shape index (κ3) is 5.35. The van der Waals surface area contributed by atoms with Crippen molar-refractivity contribution in [2.75, 3.05) is 26.2 Å². The Hall–Kier alpha value is -2.04. The Labute approximate surface area is 188 Å². The minimum absolute atomic E-state index is 0.0813. The Kier molecular flexibility index (Phi) is 7.29. The van der Waals surface area contributed by atoms with E-state index in [0.717, 1.165) is 49.5 Å². The molecule has 1 heterocycles. The summed E-state index contributed by atoms with van der Waals surface area (Å²) in [6.45, 7) is 4.56. The summed E-state index contributed by atoms with van der Waals surface area (Å²) >= 11 is 12.8. The van der Waals surface area contributed by atoms with Crippen LogP contribution in [0.25, 0.3) is 0 Å². The second-order valence-electron chi connectivity index (χ2n) is 7.55. The lowest BCUT2D eigenvalue weighted by Crippen LogP contribution is -2.33. The van der Waals surface area contributed by atoms with Gasteiger partial charge in [-0.15, -0.1) is 0 Å². The Morgan fingerprint density at radius 3 is 2.47 bits per heavy atom. The number of benzene rings is 3. The van der Waals surface area contributed by atoms with Crippen molar-refractivity contribution in [3.05, 3.63) is 99.5 Å². The lowest BCUT2D eigenvalue weighted by Gasteiger charge is -2.32. The molecule has 0 amide bonds. The van der Waals surface area contributed by atoms with Crippen LogP contribution in [0.1, 0.15) is 29.2 Å². The molecular formula is C25H26Cl2N2O. The first-order chi connectivity index (χ1) is 14.7. The van der Waals surface area contributed by atoms with E-state index in [-0.39, 0.29) is 6.04 Å². The average molecular weight is 441 g/mol. The van der Waals surface area contributed by atoms with Gasteiger partial charge in [-0.3, -0.25) is 4.90 Å². The summed E-state index contributed by atoms with van der Waals surface area (Å²) in [6.07, 6.45) is 1.11. The number of rotatable bonds is 6. The molecule has 0 aromatic heterocycles. The van der Waals surface area contributed by atoms with Crippen LogP contribution in [0.2, 0.25) is 10.0 Å². The second kappa shape index (κ2) is 10.3. The van der Waals surface area contributed by atoms with Gasteiger partial charge >= 0.3 is 0 Å². The number of nitrogens with zero attached hydrogens (tertiary/aromatic N) is 1. The van der Waals surface area contributed by atoms with Crippen LogP contribution in [0.5, 0.6) is 5.75 Å². The molecule has 0 saturated carbocycles. The van der Waals surface area contributed by atoms with Crippen molar-refractivity contribution in [1.29, 1.82) is 0 Å². The Morgan fingerprint density at radius 1 is 0.900 bits per heavy atom. The molecule has 1 atom stereocenters. The quantitative estimate of drug-likeness (QED) is 0.511. The van der Waals surface area contributed by atoms with Gasteiger partial charge in [0.25, 0.3) is 0 Å². The van der Waals surface area contributed by atoms with E-state index in [1.54, 1.807) is 0 Å². The minimum Gasteiger partial charge on any atom is -0.489 e. The first-order valence-corrected chi connectivity index (χ1v) is 11.1. The monoisotopic (exact) mass is 440 g/mol. The molecule has 1 N–H and O–H groups in total. The molecule has 1 saturated heterocycles. The summed E-state index contributed by atoms with van der Waals surface area (Å²) in [7, 11) is 0. The van der Waals surface area contributed by atoms with Gasteiger partial charge in [0.2, 0.25) is 0 Å². The van der Waals surface area contributed by atoms with Crippen LogP contribution in [0.4, 0.5) is 0 Å². The lowest BCUT2D eigenvalue weighted by atomic mass is 9.96. The molecule has 0 aliphatic carbocycles. The van der Waals surface area contributed by atoms with Crippen molar-refractivity contribution in [2.45, 2.75) is 19.1 Å². The zero-order valence-corrected chi connectivity index (χ0v) is 18.4. The molecule has 0 bridgehead atoms. The number of halogens is 2. The molecule has 3 aromatic carbocycles. The highest BCUT2D eigenvalue weighted by atomic mass is 35.5. The predicted octanol–water partition coefficient (Wildman–Crippen LogP) is 5.96. The van der Waals surface area contributed by atoms with Gasteiger partial charge in [-0.25, -0.2) is 0 Å². The van der Waals surface area contributed by atoms with Crippen molar-refractivity contribution in [2.24, 2.45) is 0 Å². The Bertz CT molecular complexity index is 939. The molecule has 3 nitrogen and oxygen atoms in total. The third-order valence-electron chi connectivity index (χ3n) is 5.44. The summed E-state index contributed by atoms with van der Waals surface area (Å²) in [5, 5.41) is 4.84.